The summed E-state index contributed by atoms with van der Waals surface area (Å²) in [7, 11) is 0. The van der Waals surface area contributed by atoms with Crippen LogP contribution in [0.25, 0.3) is 66.5 Å². The number of rotatable bonds is 5. The third kappa shape index (κ3) is 7.36. The Morgan fingerprint density at radius 3 is 1.87 bits per heavy atom. The van der Waals surface area contributed by atoms with E-state index < -0.39 is 0 Å². The van der Waals surface area contributed by atoms with E-state index in [0.717, 1.165) is 55.6 Å². The molecule has 304 valence electrons. The first kappa shape index (κ1) is 38.6. The Bertz CT molecular complexity index is 3220. The van der Waals surface area contributed by atoms with Gasteiger partial charge in [-0.2, -0.15) is 0 Å². The quantitative estimate of drug-likeness (QED) is 0.165. The first-order chi connectivity index (χ1) is 31.2. The molecule has 8 aromatic carbocycles. The van der Waals surface area contributed by atoms with Crippen LogP contribution in [0.1, 0.15) is 72.8 Å². The number of hydrogen-bond donors (Lipinski definition) is 0. The van der Waals surface area contributed by atoms with Gasteiger partial charge in [0.25, 0.3) is 0 Å². The molecule has 11 rings (SSSR count). The molecule has 1 aliphatic heterocycles. The van der Waals surface area contributed by atoms with Crippen molar-refractivity contribution in [3.8, 4) is 33.4 Å². The molecule has 2 aliphatic rings. The summed E-state index contributed by atoms with van der Waals surface area (Å²) in [5, 5.41) is 2.55. The van der Waals surface area contributed by atoms with Gasteiger partial charge in [-0.15, -0.1) is 0 Å². The van der Waals surface area contributed by atoms with Crippen LogP contribution < -0.4 is 0 Å². The fourth-order valence-electron chi connectivity index (χ4n) is 10.4. The summed E-state index contributed by atoms with van der Waals surface area (Å²) in [6, 6.07) is 73.8. The monoisotopic (exact) mass is 810 g/mol. The number of aliphatic imine (C=N–C) groups is 1. The van der Waals surface area contributed by atoms with Crippen molar-refractivity contribution >= 4 is 38.9 Å². The van der Waals surface area contributed by atoms with E-state index in [2.05, 4.69) is 218 Å². The lowest BCUT2D eigenvalue weighted by Gasteiger charge is -2.23. The molecule has 1 aromatic heterocycles. The molecule has 0 fully saturated rings. The van der Waals surface area contributed by atoms with Gasteiger partial charge in [0.05, 0.1) is 16.7 Å². The van der Waals surface area contributed by atoms with Gasteiger partial charge < -0.3 is 0 Å². The molecule has 0 spiro atoms. The highest BCUT2D eigenvalue weighted by atomic mass is 15.1. The Hall–Kier alpha value is -7.29. The van der Waals surface area contributed by atoms with Gasteiger partial charge in [-0.05, 0) is 118 Å². The van der Waals surface area contributed by atoms with E-state index in [1.807, 2.05) is 0 Å². The summed E-state index contributed by atoms with van der Waals surface area (Å²) >= 11 is 0. The molecular weight excluding hydrogens is 761 g/mol. The summed E-state index contributed by atoms with van der Waals surface area (Å²) in [5.41, 5.74) is 20.5. The molecule has 9 aromatic rings. The summed E-state index contributed by atoms with van der Waals surface area (Å²) in [6.45, 7) is 2.35. The third-order valence-corrected chi connectivity index (χ3v) is 13.5. The second-order valence-electron chi connectivity index (χ2n) is 17.2. The maximum Gasteiger partial charge on any atom is 0.114 e. The van der Waals surface area contributed by atoms with Crippen LogP contribution in [-0.4, -0.2) is 10.4 Å². The van der Waals surface area contributed by atoms with E-state index in [9.17, 15) is 0 Å². The van der Waals surface area contributed by atoms with Crippen LogP contribution in [-0.2, 0) is 6.42 Å². The van der Waals surface area contributed by atoms with Gasteiger partial charge in [-0.25, -0.2) is 4.99 Å². The van der Waals surface area contributed by atoms with Crippen molar-refractivity contribution in [2.45, 2.75) is 51.4 Å². The number of para-hydroxylation sites is 1. The van der Waals surface area contributed by atoms with Gasteiger partial charge in [-0.3, -0.25) is 4.57 Å². The zero-order valence-electron chi connectivity index (χ0n) is 35.8. The highest BCUT2D eigenvalue weighted by Crippen LogP contribution is 2.47. The highest BCUT2D eigenvalue weighted by Gasteiger charge is 2.30. The van der Waals surface area contributed by atoms with Crippen LogP contribution in [0.3, 0.4) is 0 Å². The summed E-state index contributed by atoms with van der Waals surface area (Å²) in [4.78, 5) is 5.91. The van der Waals surface area contributed by atoms with Crippen molar-refractivity contribution in [2.75, 3.05) is 0 Å². The molecule has 2 nitrogen and oxygen atoms in total. The molecule has 63 heavy (non-hydrogen) atoms. The molecule has 1 unspecified atom stereocenters. The van der Waals surface area contributed by atoms with E-state index in [4.69, 9.17) is 4.99 Å². The Balaban J connectivity index is 1.15. The molecule has 0 radical (unpaired) electrons. The van der Waals surface area contributed by atoms with Crippen LogP contribution in [0.4, 0.5) is 0 Å². The van der Waals surface area contributed by atoms with Crippen LogP contribution in [0.15, 0.2) is 217 Å². The predicted octanol–water partition coefficient (Wildman–Crippen LogP) is 16.2. The highest BCUT2D eigenvalue weighted by molar-refractivity contribution is 6.17. The molecule has 1 aliphatic carbocycles. The zero-order chi connectivity index (χ0) is 42.1. The molecule has 0 saturated heterocycles. The SMILES string of the molecule is C/C1=C(/c2ccccc2)CC/C=C(c2cccc(-c3cccc(-c4ccccc4)c3)c2)\N=C(\n2c3ccccc3c3ccc4c(c32)C(c2ccccc2)CCc2ccccc2-4)CC1. The van der Waals surface area contributed by atoms with Gasteiger partial charge >= 0.3 is 0 Å². The number of fused-ring (bicyclic) bond motifs is 7. The van der Waals surface area contributed by atoms with Crippen LogP contribution in [0.5, 0.6) is 0 Å². The molecule has 0 bridgehead atoms. The fourth-order valence-corrected chi connectivity index (χ4v) is 10.4. The first-order valence-electron chi connectivity index (χ1n) is 22.7. The summed E-state index contributed by atoms with van der Waals surface area (Å²) in [6.07, 6.45) is 8.02. The predicted molar refractivity (Wildman–Crippen MR) is 267 cm³/mol. The number of benzene rings is 8. The van der Waals surface area contributed by atoms with Gasteiger partial charge in [0.1, 0.15) is 5.84 Å². The first-order valence-corrected chi connectivity index (χ1v) is 22.7. The van der Waals surface area contributed by atoms with Gasteiger partial charge in [0.15, 0.2) is 0 Å². The Morgan fingerprint density at radius 1 is 0.476 bits per heavy atom. The smallest absolute Gasteiger partial charge is 0.114 e. The summed E-state index contributed by atoms with van der Waals surface area (Å²) in [5.74, 6) is 1.29. The fraction of sp³-hybridized carbons (Fsp3) is 0.131. The van der Waals surface area contributed by atoms with Crippen molar-refractivity contribution in [1.82, 2.24) is 4.57 Å². The minimum atomic E-state index is 0.213. The number of aryl methyl sites for hydroxylation is 1. The average Bonchev–Trinajstić information content (AvgIpc) is 3.59. The number of aromatic nitrogens is 1. The van der Waals surface area contributed by atoms with E-state index in [-0.39, 0.29) is 5.92 Å². The topological polar surface area (TPSA) is 17.3 Å². The normalized spacial score (nSPS) is 18.4. The van der Waals surface area contributed by atoms with Gasteiger partial charge in [-0.1, -0.05) is 194 Å². The van der Waals surface area contributed by atoms with Gasteiger partial charge in [0, 0.05) is 28.7 Å². The maximum atomic E-state index is 5.91. The zero-order valence-corrected chi connectivity index (χ0v) is 35.8. The van der Waals surface area contributed by atoms with Crippen molar-refractivity contribution < 1.29 is 0 Å². The Morgan fingerprint density at radius 2 is 1.10 bits per heavy atom. The summed E-state index contributed by atoms with van der Waals surface area (Å²) < 4.78 is 2.57. The molecule has 0 N–H and O–H groups in total. The molecule has 1 atom stereocenters. The second-order valence-corrected chi connectivity index (χ2v) is 17.2. The standard InChI is InChI=1S/C61H50N2/c1-42-34-39-59(63-58-33-14-13-30-54(58)56-38-37-55-52-29-12-11-24-46(52)35-36-53(60(55)61(56)63)45-22-9-4-10-23-45)62-57(32-17-31-51(42)44-20-7-3-8-21-44)50-28-16-27-49(41-50)48-26-15-25-47(40-48)43-18-5-2-6-19-43/h2-16,18-30,32-33,37-38,40-41,53H,17,31,34-36,39H2,1H3/b51-42-,57-32-,62-59+. The van der Waals surface area contributed by atoms with Crippen molar-refractivity contribution in [2.24, 2.45) is 4.99 Å². The molecule has 2 heterocycles. The molecule has 0 amide bonds. The van der Waals surface area contributed by atoms with Crippen molar-refractivity contribution in [3.05, 3.63) is 240 Å². The second kappa shape index (κ2) is 16.9. The molecule has 0 saturated carbocycles. The largest absolute Gasteiger partial charge is 0.297 e. The van der Waals surface area contributed by atoms with Crippen molar-refractivity contribution in [3.63, 3.8) is 0 Å². The van der Waals surface area contributed by atoms with E-state index in [1.165, 1.54) is 88.6 Å². The van der Waals surface area contributed by atoms with Crippen LogP contribution in [0, 0.1) is 0 Å². The van der Waals surface area contributed by atoms with Crippen LogP contribution in [0.2, 0.25) is 0 Å². The van der Waals surface area contributed by atoms with Crippen molar-refractivity contribution in [1.29, 1.82) is 0 Å². The molecule has 2 heteroatoms. The minimum Gasteiger partial charge on any atom is -0.297 e. The Kier molecular flexibility index (Phi) is 10.3. The van der Waals surface area contributed by atoms with Gasteiger partial charge in [0.2, 0.25) is 0 Å². The lowest BCUT2D eigenvalue weighted by Crippen LogP contribution is -2.15. The van der Waals surface area contributed by atoms with Crippen LogP contribution >= 0.6 is 0 Å². The minimum absolute atomic E-state index is 0.213. The van der Waals surface area contributed by atoms with E-state index in [1.54, 1.807) is 0 Å². The molecular formula is C61H50N2. The number of nitrogens with zero attached hydrogens (tertiary/aromatic N) is 2. The lowest BCUT2D eigenvalue weighted by atomic mass is 9.84. The number of allylic oxidation sites excluding steroid dienone is 3. The number of hydrogen-bond acceptors (Lipinski definition) is 1. The lowest BCUT2D eigenvalue weighted by molar-refractivity contribution is 0.728. The van der Waals surface area contributed by atoms with E-state index >= 15 is 0 Å². The average molecular weight is 811 g/mol. The maximum absolute atomic E-state index is 5.91. The third-order valence-electron chi connectivity index (χ3n) is 13.5. The Labute approximate surface area is 371 Å². The van der Waals surface area contributed by atoms with E-state index in [0.29, 0.717) is 0 Å².